The van der Waals surface area contributed by atoms with E-state index in [0.717, 1.165) is 0 Å². The molecule has 0 heterocycles. The number of ether oxygens (including phenoxy) is 8. The van der Waals surface area contributed by atoms with Crippen LogP contribution in [-0.4, -0.2) is 74.0 Å². The smallest absolute Gasteiger partial charge is 0.161 e. The molecule has 8 heteroatoms. The van der Waals surface area contributed by atoms with Crippen molar-refractivity contribution < 1.29 is 37.9 Å². The summed E-state index contributed by atoms with van der Waals surface area (Å²) in [6, 6.07) is 0. The zero-order valence-corrected chi connectivity index (χ0v) is 41.2. The lowest BCUT2D eigenvalue weighted by Gasteiger charge is -2.35. The Hall–Kier alpha value is -0.320. The third-order valence-corrected chi connectivity index (χ3v) is 10.9. The van der Waals surface area contributed by atoms with Gasteiger partial charge < -0.3 is 37.9 Å². The van der Waals surface area contributed by atoms with Crippen molar-refractivity contribution in [1.29, 1.82) is 0 Å². The van der Waals surface area contributed by atoms with Crippen molar-refractivity contribution >= 4 is 0 Å². The first kappa shape index (κ1) is 55.7. The number of hydrogen-bond acceptors (Lipinski definition) is 8. The molecule has 348 valence electrons. The minimum atomic E-state index is 0.0121. The summed E-state index contributed by atoms with van der Waals surface area (Å²) < 4.78 is 46.8. The topological polar surface area (TPSA) is 73.8 Å². The molecule has 0 spiro atoms. The Morgan fingerprint density at radius 3 is 0.483 bits per heavy atom. The summed E-state index contributed by atoms with van der Waals surface area (Å²) in [6.45, 7) is 33.3. The molecule has 4 fully saturated rings. The van der Waals surface area contributed by atoms with Gasteiger partial charge >= 0.3 is 0 Å². The molecule has 0 atom stereocenters. The SMILES string of the molecule is CC(C)OC(OC(C)C)C1CCC1.CC(C)OC(OC(C)C)C1CCCC1.CC(C)OC(OC(C)C)C1CCCCC1.CC(C)OC(OC(C)C)C1CCCCCC1. The highest BCUT2D eigenvalue weighted by molar-refractivity contribution is 4.75. The predicted molar refractivity (Wildman–Crippen MR) is 242 cm³/mol. The van der Waals surface area contributed by atoms with Gasteiger partial charge in [0, 0.05) is 23.7 Å². The summed E-state index contributed by atoms with van der Waals surface area (Å²) in [4.78, 5) is 0. The van der Waals surface area contributed by atoms with Gasteiger partial charge in [0.25, 0.3) is 0 Å². The fourth-order valence-electron chi connectivity index (χ4n) is 8.09. The van der Waals surface area contributed by atoms with Gasteiger partial charge in [-0.1, -0.05) is 64.2 Å². The fourth-order valence-corrected chi connectivity index (χ4v) is 8.09. The lowest BCUT2D eigenvalue weighted by atomic mass is 9.85. The molecule has 0 aromatic rings. The lowest BCUT2D eigenvalue weighted by molar-refractivity contribution is -0.218. The van der Waals surface area contributed by atoms with Crippen LogP contribution in [0.25, 0.3) is 0 Å². The maximum atomic E-state index is 5.93. The van der Waals surface area contributed by atoms with Crippen molar-refractivity contribution in [2.75, 3.05) is 0 Å². The molecule has 0 amide bonds. The Bertz CT molecular complexity index is 873. The molecule has 0 unspecified atom stereocenters. The van der Waals surface area contributed by atoms with Gasteiger partial charge in [-0.2, -0.15) is 0 Å². The van der Waals surface area contributed by atoms with Gasteiger partial charge in [-0.05, 0) is 162 Å². The third-order valence-electron chi connectivity index (χ3n) is 10.9. The van der Waals surface area contributed by atoms with Crippen LogP contribution < -0.4 is 0 Å². The first-order valence-corrected chi connectivity index (χ1v) is 24.6. The Kier molecular flexibility index (Phi) is 31.1. The molecule has 0 N–H and O–H groups in total. The first-order valence-electron chi connectivity index (χ1n) is 24.6. The maximum absolute atomic E-state index is 5.93. The van der Waals surface area contributed by atoms with Crippen LogP contribution in [0, 0.1) is 23.7 Å². The van der Waals surface area contributed by atoms with Crippen LogP contribution in [0.2, 0.25) is 0 Å². The van der Waals surface area contributed by atoms with Gasteiger partial charge in [0.1, 0.15) is 0 Å². The van der Waals surface area contributed by atoms with Gasteiger partial charge in [0.2, 0.25) is 0 Å². The van der Waals surface area contributed by atoms with E-state index in [9.17, 15) is 0 Å². The molecule has 8 nitrogen and oxygen atoms in total. The fraction of sp³-hybridized carbons (Fsp3) is 1.00. The Morgan fingerprint density at radius 2 is 0.345 bits per heavy atom. The van der Waals surface area contributed by atoms with Crippen molar-refractivity contribution in [3.63, 3.8) is 0 Å². The van der Waals surface area contributed by atoms with Crippen molar-refractivity contribution in [3.8, 4) is 0 Å². The summed E-state index contributed by atoms with van der Waals surface area (Å²) in [5.41, 5.74) is 0. The molecule has 58 heavy (non-hydrogen) atoms. The van der Waals surface area contributed by atoms with E-state index in [1.165, 1.54) is 116 Å². The van der Waals surface area contributed by atoms with Crippen LogP contribution in [0.15, 0.2) is 0 Å². The van der Waals surface area contributed by atoms with Crippen LogP contribution >= 0.6 is 0 Å². The molecule has 4 saturated carbocycles. The van der Waals surface area contributed by atoms with E-state index in [1.807, 2.05) is 0 Å². The van der Waals surface area contributed by atoms with Gasteiger partial charge in [-0.25, -0.2) is 0 Å². The van der Waals surface area contributed by atoms with E-state index < -0.39 is 0 Å². The summed E-state index contributed by atoms with van der Waals surface area (Å²) in [6.07, 6.45) is 25.8. The standard InChI is InChI=1S/C14H28O2.C13H26O2.C12H24O2.C11H22O2/c1-11(2)15-14(16-12(3)4)13-9-7-5-6-8-10-13;1-10(2)14-13(15-11(3)4)12-8-6-5-7-9-12;1-9(2)13-12(14-10(3)4)11-7-5-6-8-11;1-8(2)12-11(13-9(3)4)10-6-5-7-10/h11-14H,5-10H2,1-4H3;10-13H,5-9H2,1-4H3;9-12H,5-8H2,1-4H3;8-11H,5-7H2,1-4H3. The van der Waals surface area contributed by atoms with Crippen LogP contribution in [0.3, 0.4) is 0 Å². The van der Waals surface area contributed by atoms with Crippen LogP contribution in [0.5, 0.6) is 0 Å². The predicted octanol–water partition coefficient (Wildman–Crippen LogP) is 14.2. The van der Waals surface area contributed by atoms with E-state index >= 15 is 0 Å². The number of rotatable bonds is 20. The first-order chi connectivity index (χ1) is 27.4. The molecule has 0 saturated heterocycles. The molecule has 4 aliphatic rings. The molecule has 4 aliphatic carbocycles. The van der Waals surface area contributed by atoms with Gasteiger partial charge in [0.05, 0.1) is 48.8 Å². The molecule has 0 bridgehead atoms. The molecular formula is C50H100O8. The van der Waals surface area contributed by atoms with Crippen LogP contribution in [-0.2, 0) is 37.9 Å². The minimum absolute atomic E-state index is 0.0121. The second kappa shape index (κ2) is 32.4. The third kappa shape index (κ3) is 27.6. The van der Waals surface area contributed by atoms with E-state index in [-0.39, 0.29) is 74.0 Å². The van der Waals surface area contributed by atoms with Crippen LogP contribution in [0.4, 0.5) is 0 Å². The lowest BCUT2D eigenvalue weighted by Crippen LogP contribution is -2.35. The highest BCUT2D eigenvalue weighted by Gasteiger charge is 2.31. The molecule has 4 rings (SSSR count). The Balaban J connectivity index is 0.000000388. The van der Waals surface area contributed by atoms with Crippen molar-refractivity contribution in [2.24, 2.45) is 23.7 Å². The molecule has 0 aromatic heterocycles. The van der Waals surface area contributed by atoms with Crippen LogP contribution in [0.1, 0.15) is 226 Å². The Morgan fingerprint density at radius 1 is 0.207 bits per heavy atom. The largest absolute Gasteiger partial charge is 0.350 e. The van der Waals surface area contributed by atoms with Gasteiger partial charge in [0.15, 0.2) is 25.2 Å². The summed E-state index contributed by atoms with van der Waals surface area (Å²) in [5.74, 6) is 2.49. The zero-order valence-electron chi connectivity index (χ0n) is 41.2. The van der Waals surface area contributed by atoms with Gasteiger partial charge in [-0.3, -0.25) is 0 Å². The van der Waals surface area contributed by atoms with E-state index in [1.54, 1.807) is 0 Å². The second-order valence-electron chi connectivity index (χ2n) is 19.8. The van der Waals surface area contributed by atoms with Crippen molar-refractivity contribution in [1.82, 2.24) is 0 Å². The molecule has 0 aromatic carbocycles. The highest BCUT2D eigenvalue weighted by Crippen LogP contribution is 2.34. The quantitative estimate of drug-likeness (QED) is 0.0887. The zero-order chi connectivity index (χ0) is 43.6. The number of hydrogen-bond donors (Lipinski definition) is 0. The van der Waals surface area contributed by atoms with E-state index in [2.05, 4.69) is 111 Å². The van der Waals surface area contributed by atoms with Crippen molar-refractivity contribution in [3.05, 3.63) is 0 Å². The molecule has 0 aliphatic heterocycles. The Labute approximate surface area is 361 Å². The highest BCUT2D eigenvalue weighted by atomic mass is 16.7. The average molecular weight is 829 g/mol. The summed E-state index contributed by atoms with van der Waals surface area (Å²) in [7, 11) is 0. The normalized spacial score (nSPS) is 19.2. The molecule has 0 radical (unpaired) electrons. The summed E-state index contributed by atoms with van der Waals surface area (Å²) in [5, 5.41) is 0. The summed E-state index contributed by atoms with van der Waals surface area (Å²) >= 11 is 0. The minimum Gasteiger partial charge on any atom is -0.350 e. The second-order valence-corrected chi connectivity index (χ2v) is 19.8. The van der Waals surface area contributed by atoms with E-state index in [0.29, 0.717) is 23.7 Å². The van der Waals surface area contributed by atoms with Crippen molar-refractivity contribution in [2.45, 2.75) is 300 Å². The van der Waals surface area contributed by atoms with Gasteiger partial charge in [-0.15, -0.1) is 0 Å². The molecular weight excluding hydrogens is 729 g/mol. The maximum Gasteiger partial charge on any atom is 0.161 e. The van der Waals surface area contributed by atoms with E-state index in [4.69, 9.17) is 37.9 Å². The monoisotopic (exact) mass is 829 g/mol. The average Bonchev–Trinajstić information content (AvgIpc) is 3.49.